The van der Waals surface area contributed by atoms with E-state index in [-0.39, 0.29) is 5.41 Å². The van der Waals surface area contributed by atoms with Gasteiger partial charge in [0.1, 0.15) is 0 Å². The van der Waals surface area contributed by atoms with Crippen molar-refractivity contribution in [3.8, 4) is 11.1 Å². The SMILES string of the molecule is CCCCCCCCC1(CCCCCCCC)c2ccccc2-c2ccc(/C(=C(/CC)c3ccc(C)cc3)c3ccc(/C=C(\CC)c4ccc(C)cc4)cc3)cc21. The van der Waals surface area contributed by atoms with Crippen LogP contribution in [0.1, 0.15) is 180 Å². The van der Waals surface area contributed by atoms with E-state index in [2.05, 4.69) is 163 Å². The topological polar surface area (TPSA) is 0 Å². The van der Waals surface area contributed by atoms with E-state index in [1.165, 1.54) is 157 Å². The molecule has 0 aliphatic heterocycles. The molecule has 0 aromatic heterocycles. The maximum Gasteiger partial charge on any atom is 0.0215 e. The lowest BCUT2D eigenvalue weighted by atomic mass is 9.70. The molecular formula is C57H70. The van der Waals surface area contributed by atoms with Crippen LogP contribution in [-0.2, 0) is 5.41 Å². The van der Waals surface area contributed by atoms with Gasteiger partial charge in [-0.2, -0.15) is 0 Å². The van der Waals surface area contributed by atoms with Crippen molar-refractivity contribution >= 4 is 22.8 Å². The molecule has 5 aromatic rings. The van der Waals surface area contributed by atoms with Gasteiger partial charge >= 0.3 is 0 Å². The first-order chi connectivity index (χ1) is 27.9. The zero-order valence-electron chi connectivity index (χ0n) is 36.4. The number of benzene rings is 5. The molecule has 0 N–H and O–H groups in total. The van der Waals surface area contributed by atoms with E-state index >= 15 is 0 Å². The van der Waals surface area contributed by atoms with Crippen LogP contribution in [0.4, 0.5) is 0 Å². The molecule has 0 heteroatoms. The molecule has 0 radical (unpaired) electrons. The van der Waals surface area contributed by atoms with Crippen LogP contribution >= 0.6 is 0 Å². The fourth-order valence-corrected chi connectivity index (χ4v) is 9.59. The van der Waals surface area contributed by atoms with Crippen molar-refractivity contribution in [3.05, 3.63) is 165 Å². The van der Waals surface area contributed by atoms with Crippen LogP contribution < -0.4 is 0 Å². The lowest BCUT2D eigenvalue weighted by Crippen LogP contribution is -2.25. The minimum atomic E-state index is 0.0555. The third-order valence-electron chi connectivity index (χ3n) is 12.9. The molecule has 6 rings (SSSR count). The van der Waals surface area contributed by atoms with Gasteiger partial charge in [0.2, 0.25) is 0 Å². The largest absolute Gasteiger partial charge is 0.0654 e. The maximum absolute atomic E-state index is 2.66. The summed E-state index contributed by atoms with van der Waals surface area (Å²) < 4.78 is 0. The fraction of sp³-hybridized carbons (Fsp3) is 0.404. The molecule has 0 heterocycles. The van der Waals surface area contributed by atoms with E-state index in [0.29, 0.717) is 0 Å². The van der Waals surface area contributed by atoms with Crippen LogP contribution in [0.5, 0.6) is 0 Å². The molecule has 0 unspecified atom stereocenters. The van der Waals surface area contributed by atoms with Crippen molar-refractivity contribution in [1.29, 1.82) is 0 Å². The Morgan fingerprint density at radius 1 is 0.456 bits per heavy atom. The standard InChI is InChI=1S/C57H70/c1-7-11-13-15-17-21-39-57(40-22-18-16-14-12-8-2)54-24-20-19-23-52(54)53-38-37-50(42-55(53)57)56(51(10-4)48-33-27-44(6)28-34-48)49-35-29-45(30-36-49)41-46(9-3)47-31-25-43(5)26-32-47/h19-20,23-38,41-42H,7-18,21-22,39-40H2,1-6H3/b46-41+,56-51-. The number of rotatable bonds is 21. The number of hydrogen-bond donors (Lipinski definition) is 0. The number of fused-ring (bicyclic) bond motifs is 3. The Morgan fingerprint density at radius 3 is 1.54 bits per heavy atom. The second-order valence-corrected chi connectivity index (χ2v) is 17.0. The molecule has 1 aliphatic carbocycles. The van der Waals surface area contributed by atoms with Crippen LogP contribution in [0.25, 0.3) is 33.9 Å². The molecule has 0 spiro atoms. The first kappa shape index (κ1) is 42.2. The third kappa shape index (κ3) is 10.2. The molecule has 1 aliphatic rings. The summed E-state index contributed by atoms with van der Waals surface area (Å²) in [6.07, 6.45) is 22.8. The van der Waals surface area contributed by atoms with Gasteiger partial charge in [-0.25, -0.2) is 0 Å². The molecule has 57 heavy (non-hydrogen) atoms. The Labute approximate surface area is 347 Å². The van der Waals surface area contributed by atoms with Gasteiger partial charge in [0.25, 0.3) is 0 Å². The summed E-state index contributed by atoms with van der Waals surface area (Å²) in [6.45, 7) is 13.6. The normalized spacial score (nSPS) is 13.7. The zero-order chi connectivity index (χ0) is 40.0. The van der Waals surface area contributed by atoms with Crippen LogP contribution in [0.15, 0.2) is 115 Å². The predicted octanol–water partition coefficient (Wildman–Crippen LogP) is 17.4. The van der Waals surface area contributed by atoms with Gasteiger partial charge in [0.15, 0.2) is 0 Å². The van der Waals surface area contributed by atoms with E-state index in [1.807, 2.05) is 0 Å². The third-order valence-corrected chi connectivity index (χ3v) is 12.9. The molecule has 0 saturated carbocycles. The van der Waals surface area contributed by atoms with Crippen LogP contribution in [0, 0.1) is 13.8 Å². The Bertz CT molecular complexity index is 2050. The van der Waals surface area contributed by atoms with Gasteiger partial charge in [-0.3, -0.25) is 0 Å². The summed E-state index contributed by atoms with van der Waals surface area (Å²) in [4.78, 5) is 0. The second kappa shape index (κ2) is 20.8. The van der Waals surface area contributed by atoms with Crippen molar-refractivity contribution in [2.75, 3.05) is 0 Å². The number of allylic oxidation sites excluding steroid dienone is 2. The predicted molar refractivity (Wildman–Crippen MR) is 252 cm³/mol. The van der Waals surface area contributed by atoms with Crippen molar-refractivity contribution in [2.45, 2.75) is 150 Å². The summed E-state index contributed by atoms with van der Waals surface area (Å²) in [5.74, 6) is 0. The Hall–Kier alpha value is -4.42. The van der Waals surface area contributed by atoms with Crippen LogP contribution in [0.3, 0.4) is 0 Å². The van der Waals surface area contributed by atoms with Crippen molar-refractivity contribution in [2.24, 2.45) is 0 Å². The van der Waals surface area contributed by atoms with E-state index in [0.717, 1.165) is 12.8 Å². The molecule has 0 saturated heterocycles. The Kier molecular flexibility index (Phi) is 15.4. The molecule has 5 aromatic carbocycles. The van der Waals surface area contributed by atoms with Gasteiger partial charge < -0.3 is 0 Å². The fourth-order valence-electron chi connectivity index (χ4n) is 9.59. The minimum Gasteiger partial charge on any atom is -0.0654 e. The average Bonchev–Trinajstić information content (AvgIpc) is 3.51. The molecule has 0 amide bonds. The lowest BCUT2D eigenvalue weighted by Gasteiger charge is -2.33. The zero-order valence-corrected chi connectivity index (χ0v) is 36.4. The highest BCUT2D eigenvalue weighted by molar-refractivity contribution is 6.00. The molecule has 0 fully saturated rings. The van der Waals surface area contributed by atoms with Crippen molar-refractivity contribution in [3.63, 3.8) is 0 Å². The van der Waals surface area contributed by atoms with E-state index in [1.54, 1.807) is 11.1 Å². The highest BCUT2D eigenvalue weighted by Gasteiger charge is 2.42. The van der Waals surface area contributed by atoms with Gasteiger partial charge in [-0.15, -0.1) is 0 Å². The van der Waals surface area contributed by atoms with Gasteiger partial charge in [0.05, 0.1) is 0 Å². The molecule has 0 atom stereocenters. The van der Waals surface area contributed by atoms with Gasteiger partial charge in [-0.05, 0) is 112 Å². The van der Waals surface area contributed by atoms with Crippen LogP contribution in [0.2, 0.25) is 0 Å². The molecular weight excluding hydrogens is 685 g/mol. The average molecular weight is 755 g/mol. The van der Waals surface area contributed by atoms with Gasteiger partial charge in [-0.1, -0.05) is 231 Å². The maximum atomic E-state index is 2.66. The van der Waals surface area contributed by atoms with E-state index < -0.39 is 0 Å². The second-order valence-electron chi connectivity index (χ2n) is 17.0. The summed E-state index contributed by atoms with van der Waals surface area (Å²) in [6, 6.07) is 44.7. The molecule has 0 nitrogen and oxygen atoms in total. The lowest BCUT2D eigenvalue weighted by molar-refractivity contribution is 0.398. The minimum absolute atomic E-state index is 0.0555. The summed E-state index contributed by atoms with van der Waals surface area (Å²) >= 11 is 0. The Morgan fingerprint density at radius 2 is 0.965 bits per heavy atom. The summed E-state index contributed by atoms with van der Waals surface area (Å²) in [5.41, 5.74) is 19.4. The smallest absolute Gasteiger partial charge is 0.0215 e. The van der Waals surface area contributed by atoms with E-state index in [9.17, 15) is 0 Å². The number of hydrogen-bond acceptors (Lipinski definition) is 0. The Balaban J connectivity index is 1.46. The monoisotopic (exact) mass is 755 g/mol. The van der Waals surface area contributed by atoms with Gasteiger partial charge in [0, 0.05) is 5.41 Å². The van der Waals surface area contributed by atoms with Crippen molar-refractivity contribution in [1.82, 2.24) is 0 Å². The number of aryl methyl sites for hydroxylation is 2. The van der Waals surface area contributed by atoms with E-state index in [4.69, 9.17) is 0 Å². The quantitative estimate of drug-likeness (QED) is 0.0517. The van der Waals surface area contributed by atoms with Crippen LogP contribution in [-0.4, -0.2) is 0 Å². The summed E-state index contributed by atoms with van der Waals surface area (Å²) in [7, 11) is 0. The van der Waals surface area contributed by atoms with Crippen molar-refractivity contribution < 1.29 is 0 Å². The first-order valence-corrected chi connectivity index (χ1v) is 22.8. The summed E-state index contributed by atoms with van der Waals surface area (Å²) in [5, 5.41) is 0. The molecule has 0 bridgehead atoms. The number of unbranched alkanes of at least 4 members (excludes halogenated alkanes) is 10. The highest BCUT2D eigenvalue weighted by atomic mass is 14.4. The molecule has 298 valence electrons. The highest BCUT2D eigenvalue weighted by Crippen LogP contribution is 2.55. The first-order valence-electron chi connectivity index (χ1n) is 22.8.